The molecule has 0 radical (unpaired) electrons. The van der Waals surface area contributed by atoms with Crippen molar-refractivity contribution < 1.29 is 4.79 Å². The van der Waals surface area contributed by atoms with E-state index < -0.39 is 0 Å². The quantitative estimate of drug-likeness (QED) is 0.779. The molecule has 2 aromatic rings. The van der Waals surface area contributed by atoms with Crippen LogP contribution in [0, 0.1) is 5.41 Å². The molecule has 1 spiro atoms. The van der Waals surface area contributed by atoms with Crippen molar-refractivity contribution in [2.24, 2.45) is 5.41 Å². The number of carbonyl (C=O) groups is 1. The molecule has 1 aromatic heterocycles. The van der Waals surface area contributed by atoms with Crippen molar-refractivity contribution in [1.82, 2.24) is 4.98 Å². The molecule has 3 heterocycles. The molecule has 0 bridgehead atoms. The van der Waals surface area contributed by atoms with Gasteiger partial charge in [0.15, 0.2) is 0 Å². The molecule has 0 unspecified atom stereocenters. The van der Waals surface area contributed by atoms with Crippen LogP contribution in [0.3, 0.4) is 0 Å². The summed E-state index contributed by atoms with van der Waals surface area (Å²) in [6.45, 7) is 2.23. The fourth-order valence-corrected chi connectivity index (χ4v) is 4.50. The number of anilines is 2. The highest BCUT2D eigenvalue weighted by molar-refractivity contribution is 6.34. The summed E-state index contributed by atoms with van der Waals surface area (Å²) >= 11 is 12.6. The largest absolute Gasteiger partial charge is 0.354 e. The van der Waals surface area contributed by atoms with Gasteiger partial charge in [-0.25, -0.2) is 4.98 Å². The molecule has 6 heteroatoms. The lowest BCUT2D eigenvalue weighted by Gasteiger charge is -2.39. The van der Waals surface area contributed by atoms with E-state index >= 15 is 0 Å². The summed E-state index contributed by atoms with van der Waals surface area (Å²) < 4.78 is 0. The molecule has 4 rings (SSSR count). The normalized spacial score (nSPS) is 23.5. The van der Waals surface area contributed by atoms with E-state index in [1.807, 2.05) is 41.3 Å². The first-order valence-corrected chi connectivity index (χ1v) is 9.28. The Morgan fingerprint density at radius 1 is 1.00 bits per heavy atom. The molecule has 0 aliphatic carbocycles. The van der Waals surface area contributed by atoms with Crippen LogP contribution in [0.15, 0.2) is 42.6 Å². The van der Waals surface area contributed by atoms with Gasteiger partial charge in [-0.05, 0) is 43.5 Å². The van der Waals surface area contributed by atoms with Crippen molar-refractivity contribution in [2.45, 2.75) is 19.3 Å². The van der Waals surface area contributed by atoms with Crippen LogP contribution in [0.5, 0.6) is 0 Å². The molecule has 4 nitrogen and oxygen atoms in total. The second-order valence-corrected chi connectivity index (χ2v) is 7.59. The summed E-state index contributed by atoms with van der Waals surface area (Å²) in [6, 6.07) is 11.2. The Hall–Kier alpha value is -1.78. The number of hydrogen-bond donors (Lipinski definition) is 0. The highest BCUT2D eigenvalue weighted by Gasteiger charge is 2.49. The van der Waals surface area contributed by atoms with Gasteiger partial charge in [0.05, 0.1) is 21.1 Å². The second kappa shape index (κ2) is 6.50. The zero-order valence-electron chi connectivity index (χ0n) is 13.8. The fourth-order valence-electron chi connectivity index (χ4n) is 4.02. The second-order valence-electron chi connectivity index (χ2n) is 6.77. The number of benzene rings is 1. The van der Waals surface area contributed by atoms with Crippen molar-refractivity contribution >= 4 is 40.6 Å². The Kier molecular flexibility index (Phi) is 4.34. The van der Waals surface area contributed by atoms with E-state index in [0.717, 1.165) is 37.3 Å². The molecule has 130 valence electrons. The van der Waals surface area contributed by atoms with Gasteiger partial charge in [0, 0.05) is 25.8 Å². The van der Waals surface area contributed by atoms with Gasteiger partial charge in [0.1, 0.15) is 5.82 Å². The maximum absolute atomic E-state index is 13.3. The third kappa shape index (κ3) is 2.87. The summed E-state index contributed by atoms with van der Waals surface area (Å²) in [5, 5.41) is 1.25. The zero-order chi connectivity index (χ0) is 17.4. The molecule has 2 saturated heterocycles. The predicted octanol–water partition coefficient (Wildman–Crippen LogP) is 4.41. The maximum Gasteiger partial charge on any atom is 0.235 e. The number of rotatable bonds is 2. The van der Waals surface area contributed by atoms with E-state index in [9.17, 15) is 4.79 Å². The van der Waals surface area contributed by atoms with Crippen LogP contribution in [-0.4, -0.2) is 30.5 Å². The van der Waals surface area contributed by atoms with Crippen molar-refractivity contribution in [2.75, 3.05) is 29.4 Å². The monoisotopic (exact) mass is 375 g/mol. The van der Waals surface area contributed by atoms with Crippen LogP contribution in [-0.2, 0) is 4.79 Å². The average molecular weight is 376 g/mol. The molecular formula is C19H19Cl2N3O. The summed E-state index contributed by atoms with van der Waals surface area (Å²) in [7, 11) is 0. The summed E-state index contributed by atoms with van der Waals surface area (Å²) in [4.78, 5) is 21.7. The van der Waals surface area contributed by atoms with Gasteiger partial charge in [-0.15, -0.1) is 0 Å². The SMILES string of the molecule is O=C1N(c2ccccc2Cl)CC[C@@]12CCCN(c1ncccc1Cl)C2. The number of amides is 1. The Morgan fingerprint density at radius 3 is 2.60 bits per heavy atom. The van der Waals surface area contributed by atoms with Crippen molar-refractivity contribution in [3.63, 3.8) is 0 Å². The average Bonchev–Trinajstić information content (AvgIpc) is 2.92. The minimum absolute atomic E-state index is 0.164. The lowest BCUT2D eigenvalue weighted by Crippen LogP contribution is -2.48. The molecule has 1 atom stereocenters. The number of para-hydroxylation sites is 1. The predicted molar refractivity (Wildman–Crippen MR) is 102 cm³/mol. The van der Waals surface area contributed by atoms with Gasteiger partial charge in [0.25, 0.3) is 0 Å². The minimum Gasteiger partial charge on any atom is -0.354 e. The maximum atomic E-state index is 13.3. The number of piperidine rings is 1. The number of pyridine rings is 1. The van der Waals surface area contributed by atoms with Crippen molar-refractivity contribution in [3.05, 3.63) is 52.6 Å². The zero-order valence-corrected chi connectivity index (χ0v) is 15.3. The molecule has 2 aliphatic heterocycles. The molecule has 0 N–H and O–H groups in total. The molecule has 1 aromatic carbocycles. The number of halogens is 2. The van der Waals surface area contributed by atoms with Crippen LogP contribution in [0.1, 0.15) is 19.3 Å². The lowest BCUT2D eigenvalue weighted by atomic mass is 9.78. The third-order valence-electron chi connectivity index (χ3n) is 5.27. The molecule has 25 heavy (non-hydrogen) atoms. The Balaban J connectivity index is 1.61. The van der Waals surface area contributed by atoms with Crippen LogP contribution in [0.4, 0.5) is 11.5 Å². The van der Waals surface area contributed by atoms with Crippen molar-refractivity contribution in [3.8, 4) is 0 Å². The minimum atomic E-state index is -0.377. The fraction of sp³-hybridized carbons (Fsp3) is 0.368. The summed E-state index contributed by atoms with van der Waals surface area (Å²) in [5.41, 5.74) is 0.428. The topological polar surface area (TPSA) is 36.4 Å². The smallest absolute Gasteiger partial charge is 0.235 e. The number of aromatic nitrogens is 1. The third-order valence-corrected chi connectivity index (χ3v) is 5.89. The molecule has 1 amide bonds. The van der Waals surface area contributed by atoms with Gasteiger partial charge >= 0.3 is 0 Å². The van der Waals surface area contributed by atoms with E-state index in [1.54, 1.807) is 6.20 Å². The number of hydrogen-bond acceptors (Lipinski definition) is 3. The number of nitrogens with zero attached hydrogens (tertiary/aromatic N) is 3. The highest BCUT2D eigenvalue weighted by Crippen LogP contribution is 2.44. The standard InChI is InChI=1S/C19H19Cl2N3O/c20-14-5-1-2-7-16(14)24-12-9-19(18(24)25)8-4-11-23(13-19)17-15(21)6-3-10-22-17/h1-3,5-7,10H,4,8-9,11-13H2/t19-/m1/s1. The van der Waals surface area contributed by atoms with Gasteiger partial charge < -0.3 is 9.80 Å². The molecular weight excluding hydrogens is 357 g/mol. The van der Waals surface area contributed by atoms with E-state index in [4.69, 9.17) is 23.2 Å². The van der Waals surface area contributed by atoms with Crippen LogP contribution in [0.2, 0.25) is 10.0 Å². The molecule has 2 aliphatic rings. The molecule has 2 fully saturated rings. The van der Waals surface area contributed by atoms with Gasteiger partial charge in [-0.2, -0.15) is 0 Å². The van der Waals surface area contributed by atoms with Gasteiger partial charge in [0.2, 0.25) is 5.91 Å². The van der Waals surface area contributed by atoms with E-state index in [1.165, 1.54) is 0 Å². The van der Waals surface area contributed by atoms with Crippen LogP contribution >= 0.6 is 23.2 Å². The lowest BCUT2D eigenvalue weighted by molar-refractivity contribution is -0.126. The first kappa shape index (κ1) is 16.7. The Labute approximate surface area is 157 Å². The molecule has 0 saturated carbocycles. The highest BCUT2D eigenvalue weighted by atomic mass is 35.5. The first-order chi connectivity index (χ1) is 12.1. The van der Waals surface area contributed by atoms with Crippen molar-refractivity contribution in [1.29, 1.82) is 0 Å². The van der Waals surface area contributed by atoms with E-state index in [0.29, 0.717) is 23.1 Å². The summed E-state index contributed by atoms with van der Waals surface area (Å²) in [6.07, 6.45) is 4.43. The van der Waals surface area contributed by atoms with Gasteiger partial charge in [-0.3, -0.25) is 4.79 Å². The van der Waals surface area contributed by atoms with E-state index in [-0.39, 0.29) is 11.3 Å². The Morgan fingerprint density at radius 2 is 1.80 bits per heavy atom. The van der Waals surface area contributed by atoms with Crippen LogP contribution in [0.25, 0.3) is 0 Å². The number of carbonyl (C=O) groups excluding carboxylic acids is 1. The Bertz CT molecular complexity index is 813. The summed E-state index contributed by atoms with van der Waals surface area (Å²) in [5.74, 6) is 0.935. The first-order valence-electron chi connectivity index (χ1n) is 8.53. The van der Waals surface area contributed by atoms with Gasteiger partial charge in [-0.1, -0.05) is 35.3 Å². The van der Waals surface area contributed by atoms with E-state index in [2.05, 4.69) is 9.88 Å². The van der Waals surface area contributed by atoms with Crippen LogP contribution < -0.4 is 9.80 Å².